The Morgan fingerprint density at radius 2 is 2.16 bits per heavy atom. The Morgan fingerprint density at radius 1 is 1.37 bits per heavy atom. The summed E-state index contributed by atoms with van der Waals surface area (Å²) in [6, 6.07) is 7.48. The molecular weight excluding hydrogens is 304 g/mol. The van der Waals surface area contributed by atoms with Crippen LogP contribution >= 0.6 is 15.9 Å². The summed E-state index contributed by atoms with van der Waals surface area (Å²) in [5.74, 6) is 1.53. The van der Waals surface area contributed by atoms with Crippen LogP contribution in [-0.2, 0) is 0 Å². The first-order chi connectivity index (χ1) is 9.24. The molecule has 1 aromatic rings. The first-order valence-electron chi connectivity index (χ1n) is 7.04. The molecule has 1 aliphatic heterocycles. The number of benzene rings is 1. The molecule has 2 atom stereocenters. The van der Waals surface area contributed by atoms with Gasteiger partial charge in [0.15, 0.2) is 0 Å². The number of ether oxygens (including phenoxy) is 1. The average molecular weight is 325 g/mol. The Balaban J connectivity index is 1.98. The molecule has 2 N–H and O–H groups in total. The lowest BCUT2D eigenvalue weighted by Gasteiger charge is -2.29. The molecule has 1 saturated carbocycles. The van der Waals surface area contributed by atoms with Crippen molar-refractivity contribution >= 4 is 15.9 Å². The minimum absolute atomic E-state index is 0.421. The molecule has 0 bridgehead atoms. The molecule has 0 radical (unpaired) electrons. The molecule has 4 heteroatoms. The van der Waals surface area contributed by atoms with Crippen LogP contribution in [0.5, 0.6) is 5.75 Å². The van der Waals surface area contributed by atoms with Gasteiger partial charge in [-0.2, -0.15) is 0 Å². The molecule has 2 aliphatic rings. The van der Waals surface area contributed by atoms with E-state index in [-0.39, 0.29) is 0 Å². The maximum atomic E-state index is 5.99. The van der Waals surface area contributed by atoms with E-state index in [2.05, 4.69) is 33.0 Å². The fourth-order valence-electron chi connectivity index (χ4n) is 3.31. The van der Waals surface area contributed by atoms with E-state index in [1.165, 1.54) is 31.4 Å². The summed E-state index contributed by atoms with van der Waals surface area (Å²) < 4.78 is 6.68. The van der Waals surface area contributed by atoms with Crippen molar-refractivity contribution in [2.45, 2.75) is 31.3 Å². The van der Waals surface area contributed by atoms with Gasteiger partial charge in [0, 0.05) is 22.1 Å². The van der Waals surface area contributed by atoms with Crippen molar-refractivity contribution in [2.75, 3.05) is 20.2 Å². The number of hydrogen-bond donors (Lipinski definition) is 1. The van der Waals surface area contributed by atoms with Crippen molar-refractivity contribution in [1.82, 2.24) is 4.90 Å². The van der Waals surface area contributed by atoms with E-state index >= 15 is 0 Å². The topological polar surface area (TPSA) is 38.5 Å². The van der Waals surface area contributed by atoms with E-state index in [4.69, 9.17) is 10.5 Å². The number of rotatable bonds is 4. The van der Waals surface area contributed by atoms with Gasteiger partial charge in [0.05, 0.1) is 7.11 Å². The van der Waals surface area contributed by atoms with Gasteiger partial charge in [0.25, 0.3) is 0 Å². The third kappa shape index (κ3) is 2.54. The first-order valence-corrected chi connectivity index (χ1v) is 7.83. The molecule has 0 aromatic heterocycles. The lowest BCUT2D eigenvalue weighted by atomic mass is 9.93. The van der Waals surface area contributed by atoms with Crippen LogP contribution in [0.3, 0.4) is 0 Å². The second-order valence-electron chi connectivity index (χ2n) is 5.58. The summed E-state index contributed by atoms with van der Waals surface area (Å²) in [6.07, 6.45) is 3.88. The van der Waals surface area contributed by atoms with Crippen LogP contribution in [0, 0.1) is 5.92 Å². The Hall–Kier alpha value is -0.580. The van der Waals surface area contributed by atoms with Gasteiger partial charge >= 0.3 is 0 Å². The van der Waals surface area contributed by atoms with Gasteiger partial charge in [-0.05, 0) is 56.5 Å². The SMILES string of the molecule is COc1ccc(Br)cc1C1C(CN)CCN1C1CC1. The Labute approximate surface area is 123 Å². The summed E-state index contributed by atoms with van der Waals surface area (Å²) in [4.78, 5) is 2.64. The normalized spacial score (nSPS) is 27.7. The summed E-state index contributed by atoms with van der Waals surface area (Å²) in [6.45, 7) is 1.93. The molecule has 0 amide bonds. The second-order valence-corrected chi connectivity index (χ2v) is 6.50. The molecule has 1 aliphatic carbocycles. The van der Waals surface area contributed by atoms with Gasteiger partial charge in [0.2, 0.25) is 0 Å². The van der Waals surface area contributed by atoms with Crippen molar-refractivity contribution in [1.29, 1.82) is 0 Å². The Kier molecular flexibility index (Phi) is 3.83. The van der Waals surface area contributed by atoms with Gasteiger partial charge in [-0.15, -0.1) is 0 Å². The fourth-order valence-corrected chi connectivity index (χ4v) is 3.69. The van der Waals surface area contributed by atoms with E-state index in [0.717, 1.165) is 22.8 Å². The van der Waals surface area contributed by atoms with E-state index in [9.17, 15) is 0 Å². The highest BCUT2D eigenvalue weighted by atomic mass is 79.9. The molecule has 2 fully saturated rings. The van der Waals surface area contributed by atoms with Crippen LogP contribution in [0.4, 0.5) is 0 Å². The summed E-state index contributed by atoms with van der Waals surface area (Å²) in [7, 11) is 1.75. The maximum absolute atomic E-state index is 5.99. The van der Waals surface area contributed by atoms with Gasteiger partial charge in [-0.3, -0.25) is 4.90 Å². The highest BCUT2D eigenvalue weighted by molar-refractivity contribution is 9.10. The summed E-state index contributed by atoms with van der Waals surface area (Å²) in [5.41, 5.74) is 7.28. The van der Waals surface area contributed by atoms with Crippen LogP contribution < -0.4 is 10.5 Å². The Morgan fingerprint density at radius 3 is 2.79 bits per heavy atom. The molecule has 1 saturated heterocycles. The molecular formula is C15H21BrN2O. The van der Waals surface area contributed by atoms with Crippen molar-refractivity contribution in [3.8, 4) is 5.75 Å². The van der Waals surface area contributed by atoms with Crippen LogP contribution in [0.15, 0.2) is 22.7 Å². The van der Waals surface area contributed by atoms with Gasteiger partial charge in [0.1, 0.15) is 5.75 Å². The lowest BCUT2D eigenvalue weighted by molar-refractivity contribution is 0.215. The molecule has 3 rings (SSSR count). The minimum Gasteiger partial charge on any atom is -0.496 e. The zero-order valence-electron chi connectivity index (χ0n) is 11.3. The van der Waals surface area contributed by atoms with Crippen LogP contribution in [0.1, 0.15) is 30.9 Å². The minimum atomic E-state index is 0.421. The lowest BCUT2D eigenvalue weighted by Crippen LogP contribution is -2.30. The standard InChI is InChI=1S/C15H21BrN2O/c1-19-14-5-2-11(16)8-13(14)15-10(9-17)6-7-18(15)12-3-4-12/h2,5,8,10,12,15H,3-4,6-7,9,17H2,1H3. The van der Waals surface area contributed by atoms with Crippen LogP contribution in [0.2, 0.25) is 0 Å². The largest absolute Gasteiger partial charge is 0.496 e. The summed E-state index contributed by atoms with van der Waals surface area (Å²) >= 11 is 3.58. The van der Waals surface area contributed by atoms with Crippen LogP contribution in [-0.4, -0.2) is 31.1 Å². The smallest absolute Gasteiger partial charge is 0.123 e. The van der Waals surface area contributed by atoms with Crippen molar-refractivity contribution < 1.29 is 4.74 Å². The van der Waals surface area contributed by atoms with Gasteiger partial charge in [-0.25, -0.2) is 0 Å². The van der Waals surface area contributed by atoms with Crippen molar-refractivity contribution in [3.63, 3.8) is 0 Å². The van der Waals surface area contributed by atoms with Crippen molar-refractivity contribution in [3.05, 3.63) is 28.2 Å². The predicted molar refractivity (Wildman–Crippen MR) is 80.3 cm³/mol. The summed E-state index contributed by atoms with van der Waals surface area (Å²) in [5, 5.41) is 0. The third-order valence-corrected chi connectivity index (χ3v) is 4.88. The molecule has 0 spiro atoms. The Bertz CT molecular complexity index is 461. The first kappa shape index (κ1) is 13.4. The number of methoxy groups -OCH3 is 1. The predicted octanol–water partition coefficient (Wildman–Crippen LogP) is 2.94. The number of likely N-dealkylation sites (tertiary alicyclic amines) is 1. The zero-order valence-corrected chi connectivity index (χ0v) is 12.9. The third-order valence-electron chi connectivity index (χ3n) is 4.39. The molecule has 3 nitrogen and oxygen atoms in total. The molecule has 1 heterocycles. The molecule has 2 unspecified atom stereocenters. The average Bonchev–Trinajstić information content (AvgIpc) is 3.18. The highest BCUT2D eigenvalue weighted by Crippen LogP contribution is 2.46. The number of halogens is 1. The number of hydrogen-bond acceptors (Lipinski definition) is 3. The second kappa shape index (κ2) is 5.43. The highest BCUT2D eigenvalue weighted by Gasteiger charge is 2.43. The molecule has 19 heavy (non-hydrogen) atoms. The monoisotopic (exact) mass is 324 g/mol. The van der Waals surface area contributed by atoms with E-state index in [0.29, 0.717) is 12.0 Å². The molecule has 104 valence electrons. The van der Waals surface area contributed by atoms with Crippen molar-refractivity contribution in [2.24, 2.45) is 11.7 Å². The maximum Gasteiger partial charge on any atom is 0.123 e. The van der Waals surface area contributed by atoms with Gasteiger partial charge < -0.3 is 10.5 Å². The van der Waals surface area contributed by atoms with E-state index in [1.807, 2.05) is 6.07 Å². The van der Waals surface area contributed by atoms with E-state index in [1.54, 1.807) is 7.11 Å². The quantitative estimate of drug-likeness (QED) is 0.925. The molecule has 1 aromatic carbocycles. The van der Waals surface area contributed by atoms with Crippen LogP contribution in [0.25, 0.3) is 0 Å². The van der Waals surface area contributed by atoms with E-state index < -0.39 is 0 Å². The number of nitrogens with zero attached hydrogens (tertiary/aromatic N) is 1. The fraction of sp³-hybridized carbons (Fsp3) is 0.600. The number of nitrogens with two attached hydrogens (primary N) is 1. The van der Waals surface area contributed by atoms with Gasteiger partial charge in [-0.1, -0.05) is 15.9 Å². The zero-order chi connectivity index (χ0) is 13.4.